The Kier molecular flexibility index (Phi) is 29.0. The van der Waals surface area contributed by atoms with E-state index in [1.807, 2.05) is 0 Å². The van der Waals surface area contributed by atoms with Crippen molar-refractivity contribution >= 4 is 82.5 Å². The number of anilines is 1. The zero-order valence-corrected chi connectivity index (χ0v) is 64.4. The van der Waals surface area contributed by atoms with Crippen LogP contribution in [0.1, 0.15) is 149 Å². The van der Waals surface area contributed by atoms with Gasteiger partial charge in [-0.1, -0.05) is 134 Å². The van der Waals surface area contributed by atoms with E-state index in [-0.39, 0.29) is 24.1 Å². The van der Waals surface area contributed by atoms with E-state index in [0.717, 1.165) is 53.2 Å². The summed E-state index contributed by atoms with van der Waals surface area (Å²) < 4.78 is 5.53. The first kappa shape index (κ1) is 85.4. The first-order valence-corrected chi connectivity index (χ1v) is 35.1. The quantitative estimate of drug-likeness (QED) is 0.186. The van der Waals surface area contributed by atoms with Gasteiger partial charge in [0.05, 0.1) is 24.4 Å². The van der Waals surface area contributed by atoms with Crippen LogP contribution < -0.4 is 15.7 Å². The monoisotopic (exact) mass is 1420 g/mol. The summed E-state index contributed by atoms with van der Waals surface area (Å²) >= 11 is 0. The highest BCUT2D eigenvalue weighted by Gasteiger charge is 2.64. The number of hydrogen-bond acceptors (Lipinski definition) is 18. The van der Waals surface area contributed by atoms with Gasteiger partial charge in [0.2, 0.25) is 65.0 Å². The number of aliphatic hydroxyl groups is 2. The van der Waals surface area contributed by atoms with E-state index in [4.69, 9.17) is 4.74 Å². The molecule has 0 radical (unpaired) electrons. The van der Waals surface area contributed by atoms with Gasteiger partial charge in [-0.15, -0.1) is 0 Å². The van der Waals surface area contributed by atoms with Crippen LogP contribution in [0.5, 0.6) is 0 Å². The number of hydrogen-bond donors (Lipinski definition) is 5. The van der Waals surface area contributed by atoms with E-state index >= 15 is 43.2 Å². The summed E-state index contributed by atoms with van der Waals surface area (Å²) in [5.41, 5.74) is -3.86. The highest BCUT2D eigenvalue weighted by Crippen LogP contribution is 2.52. The van der Waals surface area contributed by atoms with Crippen molar-refractivity contribution in [1.82, 2.24) is 59.6 Å². The molecule has 30 nitrogen and oxygen atoms in total. The lowest BCUT2D eigenvalue weighted by molar-refractivity contribution is -0.174. The third kappa shape index (κ3) is 17.9. The van der Waals surface area contributed by atoms with Gasteiger partial charge < -0.3 is 74.6 Å². The maximum Gasteiger partial charge on any atom is 0.304 e. The fraction of sp³-hybridized carbons (Fsp3) is 0.732. The van der Waals surface area contributed by atoms with Gasteiger partial charge in [0, 0.05) is 82.3 Å². The van der Waals surface area contributed by atoms with Gasteiger partial charge in [0.15, 0.2) is 6.17 Å². The predicted octanol–water partition coefficient (Wildman–Crippen LogP) is 1.75. The largest absolute Gasteiger partial charge is 0.432 e. The molecule has 3 heterocycles. The molecule has 30 heteroatoms. The summed E-state index contributed by atoms with van der Waals surface area (Å²) in [4.78, 5) is 204. The summed E-state index contributed by atoms with van der Waals surface area (Å²) in [5.74, 6) is -15.9. The molecule has 101 heavy (non-hydrogen) atoms. The lowest BCUT2D eigenvalue weighted by Crippen LogP contribution is -2.65. The molecule has 0 aliphatic carbocycles. The first-order valence-electron chi connectivity index (χ1n) is 35.1. The Labute approximate surface area is 596 Å². The Balaban J connectivity index is 2.01. The maximum atomic E-state index is 15.5. The standard InChI is InChI=1S/C71H117N13O17/c1-27-41(12)51-62(92)78(22)54(40(10)11)65(95)79(23)53(39(8)9)63(93)74(18)35-48(86)76(20)57(70(16,17)98)67(97)81(25)56(43(14)29-3)66(96)82(26)68(101-44(15)85)59(89)72-50(37(4)5)61(91)80(24)55(42(13)28-2)64(94)75(19)36-49(87)83-47(60(90)77(21)52(38(6)7)58(88)73-51)34-71(99)45-32-30-31-33-46(45)84(100)69(71)83/h30-33,37-43,47,50-57,68-69,98-100H,27-29,34-36H2,1-26H3,(H,72,89)(H,73,88)/t41-,42-,43-,47-,50-,51-,52-,53-,54-,55-,56-,57+,68?,69+,71+/m0/s1. The molecule has 4 rings (SSSR count). The summed E-state index contributed by atoms with van der Waals surface area (Å²) in [5, 5.41) is 42.8. The first-order chi connectivity index (χ1) is 46.6. The SMILES string of the molecule is CC[C@H](C)[C@@H]1NC(=O)[C@H](C(C)C)N(C)C(=O)[C@@H]2C[C@@]3(O)c4ccccc4N(O)[C@H]3N2C(=O)CN(C)C(=O)[C@H]([C@@H](C)CC)N(C)C(=O)[C@H](C(C)C)NC(=O)C(OC(C)=O)N(C)C(=O)[C@H]([C@@H](C)CC)N(C)C(=O)[C@H](C(C)(C)O)N(C)C(=O)CN(C)C(=O)[C@H](C(C)C)N(C)C(=O)[C@H](C(C)C)N(C)C1=O. The molecule has 568 valence electrons. The molecule has 0 saturated carbocycles. The van der Waals surface area contributed by atoms with E-state index in [0.29, 0.717) is 11.5 Å². The van der Waals surface area contributed by atoms with Crippen LogP contribution in [-0.2, 0) is 72.7 Å². The summed E-state index contributed by atoms with van der Waals surface area (Å²) in [6.45, 7) is 25.6. The van der Waals surface area contributed by atoms with E-state index in [9.17, 15) is 34.6 Å². The lowest BCUT2D eigenvalue weighted by atomic mass is 9.90. The minimum Gasteiger partial charge on any atom is -0.432 e. The number of benzene rings is 1. The molecular formula is C71H117N13O17. The van der Waals surface area contributed by atoms with Crippen LogP contribution >= 0.6 is 0 Å². The molecule has 0 aromatic heterocycles. The van der Waals surface area contributed by atoms with E-state index in [2.05, 4.69) is 10.6 Å². The number of esters is 1. The third-order valence-electron chi connectivity index (χ3n) is 20.7. The molecule has 0 bridgehead atoms. The minimum absolute atomic E-state index is 0.124. The second-order valence-corrected chi connectivity index (χ2v) is 30.1. The van der Waals surface area contributed by atoms with Crippen molar-refractivity contribution in [1.29, 1.82) is 0 Å². The average Bonchev–Trinajstić information content (AvgIpc) is 1.54. The van der Waals surface area contributed by atoms with Crippen molar-refractivity contribution in [2.75, 3.05) is 81.6 Å². The number of nitrogens with one attached hydrogen (secondary N) is 2. The molecule has 1 aromatic carbocycles. The van der Waals surface area contributed by atoms with Gasteiger partial charge in [-0.3, -0.25) is 67.5 Å². The predicted molar refractivity (Wildman–Crippen MR) is 374 cm³/mol. The van der Waals surface area contributed by atoms with Gasteiger partial charge in [-0.05, 0) is 61.3 Å². The molecule has 5 N–H and O–H groups in total. The number of likely N-dealkylation sites (N-methyl/N-ethyl adjacent to an activating group) is 9. The van der Waals surface area contributed by atoms with Gasteiger partial charge >= 0.3 is 5.97 Å². The number of nitrogens with zero attached hydrogens (tertiary/aromatic N) is 11. The fourth-order valence-corrected chi connectivity index (χ4v) is 14.4. The fourth-order valence-electron chi connectivity index (χ4n) is 14.4. The second kappa shape index (κ2) is 34.3. The van der Waals surface area contributed by atoms with E-state index in [1.54, 1.807) is 109 Å². The van der Waals surface area contributed by atoms with Crippen molar-refractivity contribution in [3.05, 3.63) is 29.8 Å². The Morgan fingerprint density at radius 2 is 0.921 bits per heavy atom. The highest BCUT2D eigenvalue weighted by molar-refractivity contribution is 6.00. The third-order valence-corrected chi connectivity index (χ3v) is 20.7. The molecule has 15 atom stereocenters. The Bertz CT molecular complexity index is 3230. The highest BCUT2D eigenvalue weighted by atomic mass is 16.6. The zero-order chi connectivity index (χ0) is 77.6. The topological polar surface area (TPSA) is 352 Å². The summed E-state index contributed by atoms with van der Waals surface area (Å²) in [6.07, 6.45) is -3.41. The van der Waals surface area contributed by atoms with Crippen molar-refractivity contribution in [2.24, 2.45) is 41.4 Å². The average molecular weight is 1420 g/mol. The molecular weight excluding hydrogens is 1310 g/mol. The molecule has 1 aromatic rings. The Morgan fingerprint density at radius 3 is 1.40 bits per heavy atom. The van der Waals surface area contributed by atoms with Gasteiger partial charge in [-0.2, -0.15) is 0 Å². The molecule has 2 saturated heterocycles. The van der Waals surface area contributed by atoms with Crippen LogP contribution in [0.3, 0.4) is 0 Å². The van der Waals surface area contributed by atoms with Crippen LogP contribution in [0.2, 0.25) is 0 Å². The molecule has 12 amide bonds. The molecule has 1 unspecified atom stereocenters. The van der Waals surface area contributed by atoms with Gasteiger partial charge in [-0.25, -0.2) is 5.06 Å². The number of fused-ring (bicyclic) bond motifs is 5. The maximum absolute atomic E-state index is 15.5. The number of amides is 12. The van der Waals surface area contributed by atoms with Crippen LogP contribution in [0.4, 0.5) is 5.69 Å². The van der Waals surface area contributed by atoms with Crippen LogP contribution in [-0.4, -0.2) is 290 Å². The normalized spacial score (nSPS) is 28.4. The summed E-state index contributed by atoms with van der Waals surface area (Å²) in [7, 11) is 11.7. The van der Waals surface area contributed by atoms with Crippen molar-refractivity contribution in [2.45, 2.75) is 221 Å². The summed E-state index contributed by atoms with van der Waals surface area (Å²) in [6, 6.07) is -6.70. The minimum atomic E-state index is -2.12. The second-order valence-electron chi connectivity index (χ2n) is 30.1. The number of para-hydroxylation sites is 1. The van der Waals surface area contributed by atoms with Crippen LogP contribution in [0, 0.1) is 41.4 Å². The molecule has 3 aliphatic rings. The number of carbonyl (C=O) groups is 13. The number of ether oxygens (including phenoxy) is 1. The Morgan fingerprint density at radius 1 is 0.515 bits per heavy atom. The van der Waals surface area contributed by atoms with E-state index < -0.39 is 216 Å². The van der Waals surface area contributed by atoms with Crippen LogP contribution in [0.15, 0.2) is 24.3 Å². The van der Waals surface area contributed by atoms with E-state index in [1.165, 1.54) is 92.2 Å². The van der Waals surface area contributed by atoms with Crippen LogP contribution in [0.25, 0.3) is 0 Å². The number of hydroxylamine groups is 1. The van der Waals surface area contributed by atoms with Gasteiger partial charge in [0.25, 0.3) is 12.1 Å². The Hall–Kier alpha value is -7.99. The lowest BCUT2D eigenvalue weighted by Gasteiger charge is -2.42. The molecule has 0 spiro atoms. The zero-order valence-electron chi connectivity index (χ0n) is 64.4. The van der Waals surface area contributed by atoms with Crippen molar-refractivity contribution in [3.63, 3.8) is 0 Å². The smallest absolute Gasteiger partial charge is 0.304 e. The van der Waals surface area contributed by atoms with Crippen molar-refractivity contribution in [3.8, 4) is 0 Å². The van der Waals surface area contributed by atoms with Crippen molar-refractivity contribution < 1.29 is 82.5 Å². The number of carbonyl (C=O) groups excluding carboxylic acids is 13. The molecule has 3 aliphatic heterocycles. The van der Waals surface area contributed by atoms with Gasteiger partial charge in [0.1, 0.15) is 60.0 Å². The number of rotatable bonds is 12. The molecule has 2 fully saturated rings.